The maximum Gasteiger partial charge on any atom is 0.412 e. The van der Waals surface area contributed by atoms with Gasteiger partial charge in [-0.25, -0.2) is 4.79 Å². The van der Waals surface area contributed by atoms with Crippen molar-refractivity contribution in [3.05, 3.63) is 0 Å². The van der Waals surface area contributed by atoms with Gasteiger partial charge in [0.25, 0.3) is 0 Å². The van der Waals surface area contributed by atoms with Crippen LogP contribution in [0.15, 0.2) is 0 Å². The van der Waals surface area contributed by atoms with Crippen LogP contribution in [0.1, 0.15) is 32.6 Å². The van der Waals surface area contributed by atoms with Gasteiger partial charge >= 0.3 is 12.1 Å². The number of ether oxygens (including phenoxy) is 2. The molecule has 0 radical (unpaired) electrons. The second-order valence-electron chi connectivity index (χ2n) is 4.78. The lowest BCUT2D eigenvalue weighted by molar-refractivity contribution is -0.187. The third kappa shape index (κ3) is 1.91. The molecule has 3 rings (SSSR count). The Kier molecular flexibility index (Phi) is 2.88. The molecule has 1 unspecified atom stereocenters. The molecule has 2 N–H and O–H groups in total. The highest BCUT2D eigenvalue weighted by Crippen LogP contribution is 2.45. The lowest BCUT2D eigenvalue weighted by Crippen LogP contribution is -2.52. The summed E-state index contributed by atoms with van der Waals surface area (Å²) in [5.74, 6) is -0.365. The fourth-order valence-electron chi connectivity index (χ4n) is 2.72. The Morgan fingerprint density at radius 3 is 2.50 bits per heavy atom. The summed E-state index contributed by atoms with van der Waals surface area (Å²) in [6.07, 6.45) is 2.87. The van der Waals surface area contributed by atoms with E-state index in [9.17, 15) is 9.59 Å². The molecule has 2 saturated heterocycles. The molecule has 2 bridgehead atoms. The van der Waals surface area contributed by atoms with Crippen LogP contribution < -0.4 is 5.73 Å². The SMILES string of the molecule is CC(C(=O)OC(N)=O)C12CCC(CC1)CO2. The molecular weight excluding hydrogens is 210 g/mol. The average Bonchev–Trinajstić information content (AvgIpc) is 2.29. The predicted octanol–water partition coefficient (Wildman–Crippen LogP) is 1.20. The first-order valence-corrected chi connectivity index (χ1v) is 5.68. The van der Waals surface area contributed by atoms with Gasteiger partial charge in [-0.2, -0.15) is 0 Å². The molecule has 0 spiro atoms. The van der Waals surface area contributed by atoms with Crippen LogP contribution in [-0.2, 0) is 14.3 Å². The number of amides is 1. The van der Waals surface area contributed by atoms with Gasteiger partial charge in [0.2, 0.25) is 0 Å². The summed E-state index contributed by atoms with van der Waals surface area (Å²) in [5.41, 5.74) is 4.40. The van der Waals surface area contributed by atoms with Crippen LogP contribution in [0.4, 0.5) is 4.79 Å². The molecule has 2 heterocycles. The van der Waals surface area contributed by atoms with E-state index in [0.29, 0.717) is 12.5 Å². The van der Waals surface area contributed by atoms with Crippen LogP contribution in [0.25, 0.3) is 0 Å². The summed E-state index contributed by atoms with van der Waals surface area (Å²) in [4.78, 5) is 22.2. The molecule has 1 saturated carbocycles. The first kappa shape index (κ1) is 11.4. The molecule has 3 fully saturated rings. The monoisotopic (exact) mass is 227 g/mol. The zero-order valence-corrected chi connectivity index (χ0v) is 9.40. The highest BCUT2D eigenvalue weighted by Gasteiger charge is 2.48. The minimum atomic E-state index is -1.04. The van der Waals surface area contributed by atoms with E-state index in [1.165, 1.54) is 0 Å². The number of hydrogen-bond acceptors (Lipinski definition) is 4. The Labute approximate surface area is 94.3 Å². The summed E-state index contributed by atoms with van der Waals surface area (Å²) in [7, 11) is 0. The summed E-state index contributed by atoms with van der Waals surface area (Å²) < 4.78 is 10.2. The van der Waals surface area contributed by atoms with E-state index < -0.39 is 23.6 Å². The van der Waals surface area contributed by atoms with Crippen molar-refractivity contribution < 1.29 is 19.1 Å². The van der Waals surface area contributed by atoms with Gasteiger partial charge in [-0.05, 0) is 38.5 Å². The summed E-state index contributed by atoms with van der Waals surface area (Å²) in [5, 5.41) is 0. The highest BCUT2D eigenvalue weighted by atomic mass is 16.6. The smallest absolute Gasteiger partial charge is 0.376 e. The van der Waals surface area contributed by atoms with E-state index in [1.54, 1.807) is 6.92 Å². The number of carbonyl (C=O) groups is 2. The topological polar surface area (TPSA) is 78.6 Å². The fraction of sp³-hybridized carbons (Fsp3) is 0.818. The molecule has 90 valence electrons. The van der Waals surface area contributed by atoms with Gasteiger partial charge in [-0.3, -0.25) is 4.79 Å². The van der Waals surface area contributed by atoms with E-state index in [4.69, 9.17) is 10.5 Å². The fourth-order valence-corrected chi connectivity index (χ4v) is 2.72. The van der Waals surface area contributed by atoms with Crippen molar-refractivity contribution in [2.45, 2.75) is 38.2 Å². The van der Waals surface area contributed by atoms with Crippen molar-refractivity contribution in [2.75, 3.05) is 6.61 Å². The van der Waals surface area contributed by atoms with Crippen molar-refractivity contribution >= 4 is 12.1 Å². The van der Waals surface area contributed by atoms with E-state index in [2.05, 4.69) is 4.74 Å². The van der Waals surface area contributed by atoms with E-state index in [1.807, 2.05) is 0 Å². The zero-order valence-electron chi connectivity index (χ0n) is 9.40. The molecule has 3 aliphatic rings. The third-order valence-electron chi connectivity index (χ3n) is 3.90. The van der Waals surface area contributed by atoms with Crippen LogP contribution in [-0.4, -0.2) is 24.3 Å². The standard InChI is InChI=1S/C11H17NO4/c1-7(9(13)16-10(12)14)11-4-2-8(3-5-11)6-15-11/h7-8H,2-6H2,1H3,(H2,12,14). The molecule has 0 aromatic carbocycles. The Morgan fingerprint density at radius 1 is 1.44 bits per heavy atom. The number of nitrogens with two attached hydrogens (primary N) is 1. The van der Waals surface area contributed by atoms with Crippen LogP contribution in [0.2, 0.25) is 0 Å². The lowest BCUT2D eigenvalue weighted by Gasteiger charge is -2.48. The number of esters is 1. The molecule has 0 aromatic heterocycles. The van der Waals surface area contributed by atoms with Gasteiger partial charge in [-0.1, -0.05) is 0 Å². The third-order valence-corrected chi connectivity index (χ3v) is 3.90. The van der Waals surface area contributed by atoms with Crippen molar-refractivity contribution in [1.29, 1.82) is 0 Å². The Morgan fingerprint density at radius 2 is 2.06 bits per heavy atom. The predicted molar refractivity (Wildman–Crippen MR) is 55.5 cm³/mol. The van der Waals surface area contributed by atoms with Gasteiger partial charge < -0.3 is 15.2 Å². The summed E-state index contributed by atoms with van der Waals surface area (Å²) >= 11 is 0. The van der Waals surface area contributed by atoms with E-state index >= 15 is 0 Å². The van der Waals surface area contributed by atoms with E-state index in [-0.39, 0.29) is 0 Å². The highest BCUT2D eigenvalue weighted by molar-refractivity contribution is 5.85. The second kappa shape index (κ2) is 4.05. The average molecular weight is 227 g/mol. The zero-order chi connectivity index (χ0) is 11.8. The Balaban J connectivity index is 2.05. The van der Waals surface area contributed by atoms with Crippen LogP contribution in [0, 0.1) is 11.8 Å². The molecule has 1 atom stereocenters. The summed E-state index contributed by atoms with van der Waals surface area (Å²) in [6, 6.07) is 0. The molecule has 2 aliphatic heterocycles. The van der Waals surface area contributed by atoms with E-state index in [0.717, 1.165) is 25.7 Å². The van der Waals surface area contributed by atoms with Gasteiger partial charge in [0.15, 0.2) is 0 Å². The van der Waals surface area contributed by atoms with Crippen LogP contribution >= 0.6 is 0 Å². The Bertz CT molecular complexity index is 293. The molecular formula is C11H17NO4. The minimum Gasteiger partial charge on any atom is -0.376 e. The number of primary amides is 1. The molecule has 0 aromatic rings. The largest absolute Gasteiger partial charge is 0.412 e. The van der Waals surface area contributed by atoms with Crippen LogP contribution in [0.5, 0.6) is 0 Å². The molecule has 16 heavy (non-hydrogen) atoms. The summed E-state index contributed by atoms with van der Waals surface area (Å²) in [6.45, 7) is 2.46. The Hall–Kier alpha value is -1.10. The molecule has 1 amide bonds. The van der Waals surface area contributed by atoms with Gasteiger partial charge in [0.1, 0.15) is 0 Å². The quantitative estimate of drug-likeness (QED) is 0.568. The number of carbonyl (C=O) groups excluding carboxylic acids is 2. The lowest BCUT2D eigenvalue weighted by atomic mass is 9.70. The van der Waals surface area contributed by atoms with Gasteiger partial charge in [0, 0.05) is 0 Å². The second-order valence-corrected chi connectivity index (χ2v) is 4.78. The minimum absolute atomic E-state index is 0.429. The number of hydrogen-bond donors (Lipinski definition) is 1. The van der Waals surface area contributed by atoms with Gasteiger partial charge in [-0.15, -0.1) is 0 Å². The first-order valence-electron chi connectivity index (χ1n) is 5.68. The normalized spacial score (nSPS) is 34.4. The van der Waals surface area contributed by atoms with Crippen molar-refractivity contribution in [1.82, 2.24) is 0 Å². The first-order chi connectivity index (χ1) is 7.53. The van der Waals surface area contributed by atoms with Crippen molar-refractivity contribution in [2.24, 2.45) is 17.6 Å². The van der Waals surface area contributed by atoms with Crippen molar-refractivity contribution in [3.63, 3.8) is 0 Å². The molecule has 5 heteroatoms. The maximum atomic E-state index is 11.6. The molecule has 5 nitrogen and oxygen atoms in total. The van der Waals surface area contributed by atoms with Crippen molar-refractivity contribution in [3.8, 4) is 0 Å². The number of fused-ring (bicyclic) bond motifs is 3. The number of rotatable bonds is 2. The van der Waals surface area contributed by atoms with Crippen LogP contribution in [0.3, 0.4) is 0 Å². The van der Waals surface area contributed by atoms with Gasteiger partial charge in [0.05, 0.1) is 18.1 Å². The maximum absolute atomic E-state index is 11.6. The molecule has 1 aliphatic carbocycles.